The van der Waals surface area contributed by atoms with Gasteiger partial charge in [0.15, 0.2) is 0 Å². The van der Waals surface area contributed by atoms with Gasteiger partial charge in [-0.1, -0.05) is 0 Å². The van der Waals surface area contributed by atoms with E-state index in [1.165, 1.54) is 29.8 Å². The first kappa shape index (κ1) is 37.3. The number of fused-ring (bicyclic) bond motifs is 3. The van der Waals surface area contributed by atoms with Crippen LogP contribution in [0.5, 0.6) is 5.88 Å². The Labute approximate surface area is 344 Å². The van der Waals surface area contributed by atoms with Gasteiger partial charge in [-0.2, -0.15) is 5.10 Å². The molecule has 2 aromatic carbocycles. The fourth-order valence-corrected chi connectivity index (χ4v) is 9.59. The van der Waals surface area contributed by atoms with E-state index in [0.29, 0.717) is 43.7 Å². The summed E-state index contributed by atoms with van der Waals surface area (Å²) in [5.74, 6) is 1.16. The minimum absolute atomic E-state index is 0.204. The molecule has 15 nitrogen and oxygen atoms in total. The predicted octanol–water partition coefficient (Wildman–Crippen LogP) is 4.74. The molecule has 5 aliphatic rings. The van der Waals surface area contributed by atoms with Gasteiger partial charge in [-0.3, -0.25) is 24.5 Å². The molecule has 59 heavy (non-hydrogen) atoms. The van der Waals surface area contributed by atoms with E-state index in [0.717, 1.165) is 110 Å². The molecule has 1 atom stereocenters. The number of carbonyl (C=O) groups is 2. The Balaban J connectivity index is 0.696. The summed E-state index contributed by atoms with van der Waals surface area (Å²) in [5.41, 5.74) is 10.7. The lowest BCUT2D eigenvalue weighted by Gasteiger charge is -2.40. The maximum absolute atomic E-state index is 12.6. The molecule has 0 spiro atoms. The first-order chi connectivity index (χ1) is 28.8. The standard InChI is InChI=1S/C44H52N12O3/c1-28-38(25-46-43-40(28)45-14-22-59-43)56-17-13-30-24-47-44(49-36(30)27-56)48-31-3-5-32(6-4-31)54-15-11-29(12-16-54)26-53-18-20-55(21-19-53)33-7-8-34-37(23-33)52(2)51-41(34)35-9-10-39(57)50-42(35)58/h3-8,23-25,29,35,45H,9-22,26-27H2,1-2H3,(H,47,48,49)(H,50,57,58). The van der Waals surface area contributed by atoms with Crippen molar-refractivity contribution in [2.45, 2.75) is 51.5 Å². The van der Waals surface area contributed by atoms with Crippen LogP contribution in [0.25, 0.3) is 10.9 Å². The molecule has 8 heterocycles. The van der Waals surface area contributed by atoms with Crippen molar-refractivity contribution in [3.63, 3.8) is 0 Å². The van der Waals surface area contributed by atoms with Crippen LogP contribution < -0.4 is 35.4 Å². The lowest BCUT2D eigenvalue weighted by molar-refractivity contribution is -0.134. The fraction of sp³-hybridized carbons (Fsp3) is 0.455. The Morgan fingerprint density at radius 1 is 0.864 bits per heavy atom. The van der Waals surface area contributed by atoms with Crippen LogP contribution in [0.1, 0.15) is 54.1 Å². The number of nitrogens with zero attached hydrogens (tertiary/aromatic N) is 9. The Morgan fingerprint density at radius 3 is 2.47 bits per heavy atom. The zero-order valence-corrected chi connectivity index (χ0v) is 33.9. The third-order valence-corrected chi connectivity index (χ3v) is 13.0. The molecular formula is C44H52N12O3. The molecule has 5 aromatic rings. The molecule has 0 aliphatic carbocycles. The molecule has 3 aromatic heterocycles. The molecule has 15 heteroatoms. The lowest BCUT2D eigenvalue weighted by Crippen LogP contribution is -2.49. The maximum atomic E-state index is 12.6. The van der Waals surface area contributed by atoms with Gasteiger partial charge in [0.05, 0.1) is 41.3 Å². The number of benzene rings is 2. The molecule has 10 rings (SSSR count). The van der Waals surface area contributed by atoms with E-state index in [4.69, 9.17) is 14.8 Å². The van der Waals surface area contributed by atoms with Gasteiger partial charge in [0, 0.05) is 107 Å². The summed E-state index contributed by atoms with van der Waals surface area (Å²) in [4.78, 5) is 48.5. The summed E-state index contributed by atoms with van der Waals surface area (Å²) in [6.45, 7) is 12.5. The summed E-state index contributed by atoms with van der Waals surface area (Å²) >= 11 is 0. The Bertz CT molecular complexity index is 2380. The van der Waals surface area contributed by atoms with Crippen LogP contribution in [0.4, 0.5) is 34.4 Å². The number of aryl methyl sites for hydroxylation is 1. The fourth-order valence-electron chi connectivity index (χ4n) is 9.59. The number of anilines is 6. The minimum Gasteiger partial charge on any atom is -0.474 e. The number of imide groups is 1. The summed E-state index contributed by atoms with van der Waals surface area (Å²) in [5, 5.41) is 15.1. The van der Waals surface area contributed by atoms with Crippen LogP contribution in [0.3, 0.4) is 0 Å². The molecule has 306 valence electrons. The van der Waals surface area contributed by atoms with Crippen molar-refractivity contribution >= 4 is 57.1 Å². The number of piperidine rings is 2. The van der Waals surface area contributed by atoms with Crippen molar-refractivity contribution in [1.29, 1.82) is 0 Å². The number of carbonyl (C=O) groups excluding carboxylic acids is 2. The van der Waals surface area contributed by atoms with Gasteiger partial charge in [-0.25, -0.2) is 15.0 Å². The molecule has 5 aliphatic heterocycles. The lowest BCUT2D eigenvalue weighted by atomic mass is 9.93. The maximum Gasteiger partial charge on any atom is 0.237 e. The average Bonchev–Trinajstić information content (AvgIpc) is 3.59. The van der Waals surface area contributed by atoms with Crippen molar-refractivity contribution in [2.24, 2.45) is 13.0 Å². The van der Waals surface area contributed by atoms with E-state index in [2.05, 4.69) is 94.9 Å². The van der Waals surface area contributed by atoms with Gasteiger partial charge in [-0.05, 0) is 86.6 Å². The Morgan fingerprint density at radius 2 is 1.66 bits per heavy atom. The smallest absolute Gasteiger partial charge is 0.237 e. The Kier molecular flexibility index (Phi) is 9.91. The molecular weight excluding hydrogens is 745 g/mol. The first-order valence-corrected chi connectivity index (χ1v) is 21.2. The Hall–Kier alpha value is -5.96. The highest BCUT2D eigenvalue weighted by molar-refractivity contribution is 6.02. The minimum atomic E-state index is -0.389. The molecule has 0 radical (unpaired) electrons. The van der Waals surface area contributed by atoms with Crippen LogP contribution >= 0.6 is 0 Å². The highest BCUT2D eigenvalue weighted by Crippen LogP contribution is 2.37. The number of aromatic nitrogens is 5. The van der Waals surface area contributed by atoms with Crippen LogP contribution in [-0.2, 0) is 29.6 Å². The topological polar surface area (TPSA) is 149 Å². The number of hydrogen-bond donors (Lipinski definition) is 3. The third kappa shape index (κ3) is 7.47. The first-order valence-electron chi connectivity index (χ1n) is 21.2. The molecule has 3 N–H and O–H groups in total. The van der Waals surface area contributed by atoms with Crippen LogP contribution in [-0.4, -0.2) is 107 Å². The zero-order valence-electron chi connectivity index (χ0n) is 33.9. The zero-order chi connectivity index (χ0) is 40.0. The van der Waals surface area contributed by atoms with Crippen LogP contribution in [0, 0.1) is 12.8 Å². The number of rotatable bonds is 8. The number of pyridine rings is 1. The van der Waals surface area contributed by atoms with Gasteiger partial charge in [-0.15, -0.1) is 0 Å². The highest BCUT2D eigenvalue weighted by Gasteiger charge is 2.32. The quantitative estimate of drug-likeness (QED) is 0.186. The summed E-state index contributed by atoms with van der Waals surface area (Å²) in [6, 6.07) is 15.2. The SMILES string of the molecule is Cc1c(N2CCc3cnc(Nc4ccc(N5CCC(CN6CCN(c7ccc8c(C9CCC(=O)NC9=O)nn(C)c8c7)CC6)CC5)cc4)nc3C2)cnc2c1NCCO2. The molecule has 3 saturated heterocycles. The largest absolute Gasteiger partial charge is 0.474 e. The van der Waals surface area contributed by atoms with Crippen molar-refractivity contribution in [1.82, 2.24) is 34.9 Å². The number of piperazine rings is 1. The molecule has 2 amide bonds. The van der Waals surface area contributed by atoms with Gasteiger partial charge >= 0.3 is 0 Å². The van der Waals surface area contributed by atoms with Gasteiger partial charge in [0.25, 0.3) is 0 Å². The second-order valence-corrected chi connectivity index (χ2v) is 16.7. The number of nitrogens with one attached hydrogen (secondary N) is 3. The second kappa shape index (κ2) is 15.7. The van der Waals surface area contributed by atoms with Crippen LogP contribution in [0.15, 0.2) is 54.9 Å². The van der Waals surface area contributed by atoms with Gasteiger partial charge < -0.3 is 30.1 Å². The van der Waals surface area contributed by atoms with Crippen molar-refractivity contribution in [3.05, 3.63) is 77.4 Å². The van der Waals surface area contributed by atoms with Crippen molar-refractivity contribution in [2.75, 3.05) is 90.8 Å². The number of ether oxygens (including phenoxy) is 1. The molecule has 1 unspecified atom stereocenters. The van der Waals surface area contributed by atoms with Gasteiger partial charge in [0.2, 0.25) is 23.6 Å². The summed E-state index contributed by atoms with van der Waals surface area (Å²) in [6.07, 6.45) is 8.03. The monoisotopic (exact) mass is 796 g/mol. The van der Waals surface area contributed by atoms with E-state index in [1.54, 1.807) is 0 Å². The van der Waals surface area contributed by atoms with Crippen molar-refractivity contribution < 1.29 is 14.3 Å². The molecule has 0 saturated carbocycles. The highest BCUT2D eigenvalue weighted by atomic mass is 16.5. The van der Waals surface area contributed by atoms with Crippen molar-refractivity contribution in [3.8, 4) is 5.88 Å². The number of amides is 2. The second-order valence-electron chi connectivity index (χ2n) is 16.7. The molecule has 0 bridgehead atoms. The normalized spacial score (nSPS) is 20.2. The third-order valence-electron chi connectivity index (χ3n) is 13.0. The van der Waals surface area contributed by atoms with E-state index in [1.807, 2.05) is 24.1 Å². The van der Waals surface area contributed by atoms with E-state index in [9.17, 15) is 9.59 Å². The van der Waals surface area contributed by atoms with Gasteiger partial charge in [0.1, 0.15) is 12.3 Å². The number of hydrogen-bond acceptors (Lipinski definition) is 13. The van der Waals surface area contributed by atoms with Crippen LogP contribution in [0.2, 0.25) is 0 Å². The van der Waals surface area contributed by atoms with E-state index < -0.39 is 0 Å². The molecule has 3 fully saturated rings. The average molecular weight is 797 g/mol. The van der Waals surface area contributed by atoms with E-state index in [-0.39, 0.29) is 17.7 Å². The predicted molar refractivity (Wildman–Crippen MR) is 229 cm³/mol. The van der Waals surface area contributed by atoms with E-state index >= 15 is 0 Å². The summed E-state index contributed by atoms with van der Waals surface area (Å²) < 4.78 is 7.62. The summed E-state index contributed by atoms with van der Waals surface area (Å²) in [7, 11) is 1.93.